The standard InChI is InChI=1S/C24H28F3N3O2.C4H6O4/c1-14-11-20(24(25,26)27)30-23-18(29-15(2)7-6-10-28)13-19(32-4)22(21(14)23)16-8-5-9-17(12-16)31-3;5-3(6)1-2-4(7)8/h5,8-9,11-13,15,29H,6-7,10,28H2,1-4H3;1-2H2,(H,5,6)(H,7,8). The van der Waals surface area contributed by atoms with Gasteiger partial charge in [0.25, 0.3) is 0 Å². The number of nitrogens with one attached hydrogen (secondary N) is 1. The van der Waals surface area contributed by atoms with Gasteiger partial charge in [-0.3, -0.25) is 9.59 Å². The van der Waals surface area contributed by atoms with Crippen molar-refractivity contribution < 1.29 is 42.4 Å². The number of ether oxygens (including phenoxy) is 2. The number of fused-ring (bicyclic) bond motifs is 1. The number of carboxylic acids is 2. The van der Waals surface area contributed by atoms with Crippen LogP contribution in [0.15, 0.2) is 36.4 Å². The van der Waals surface area contributed by atoms with Crippen molar-refractivity contribution in [1.29, 1.82) is 0 Å². The van der Waals surface area contributed by atoms with Crippen molar-refractivity contribution in [1.82, 2.24) is 4.98 Å². The van der Waals surface area contributed by atoms with Crippen molar-refractivity contribution in [3.8, 4) is 22.6 Å². The minimum absolute atomic E-state index is 0.00854. The Morgan fingerprint density at radius 2 is 1.73 bits per heavy atom. The molecule has 1 unspecified atom stereocenters. The summed E-state index contributed by atoms with van der Waals surface area (Å²) in [5.41, 5.74) is 7.30. The van der Waals surface area contributed by atoms with Crippen molar-refractivity contribution in [2.45, 2.75) is 51.7 Å². The van der Waals surface area contributed by atoms with Gasteiger partial charge >= 0.3 is 18.1 Å². The molecule has 0 spiro atoms. The van der Waals surface area contributed by atoms with Gasteiger partial charge in [-0.05, 0) is 62.6 Å². The SMILES string of the molecule is COc1cccc(-c2c(OC)cc(NC(C)CCCN)c3nc(C(F)(F)F)cc(C)c23)c1.O=C(O)CCC(=O)O. The van der Waals surface area contributed by atoms with Gasteiger partial charge in [-0.15, -0.1) is 0 Å². The summed E-state index contributed by atoms with van der Waals surface area (Å²) >= 11 is 0. The Bertz CT molecular complexity index is 1320. The van der Waals surface area contributed by atoms with Gasteiger partial charge in [-0.1, -0.05) is 12.1 Å². The Morgan fingerprint density at radius 3 is 2.25 bits per heavy atom. The zero-order valence-corrected chi connectivity index (χ0v) is 22.8. The van der Waals surface area contributed by atoms with Gasteiger partial charge in [-0.2, -0.15) is 13.2 Å². The predicted molar refractivity (Wildman–Crippen MR) is 146 cm³/mol. The molecule has 0 saturated carbocycles. The van der Waals surface area contributed by atoms with E-state index in [-0.39, 0.29) is 24.4 Å². The molecule has 0 fully saturated rings. The first-order valence-corrected chi connectivity index (χ1v) is 12.5. The molecule has 40 heavy (non-hydrogen) atoms. The van der Waals surface area contributed by atoms with Crippen LogP contribution in [0.25, 0.3) is 22.0 Å². The van der Waals surface area contributed by atoms with Crippen LogP contribution in [0.2, 0.25) is 0 Å². The number of pyridine rings is 1. The molecule has 3 aromatic rings. The molecular weight excluding hydrogens is 531 g/mol. The lowest BCUT2D eigenvalue weighted by Crippen LogP contribution is -2.18. The quantitative estimate of drug-likeness (QED) is 0.229. The number of hydrogen-bond acceptors (Lipinski definition) is 7. The van der Waals surface area contributed by atoms with Crippen LogP contribution < -0.4 is 20.5 Å². The average Bonchev–Trinajstić information content (AvgIpc) is 2.90. The maximum absolute atomic E-state index is 13.6. The van der Waals surface area contributed by atoms with Gasteiger partial charge in [0.2, 0.25) is 0 Å². The fraction of sp³-hybridized carbons (Fsp3) is 0.393. The summed E-state index contributed by atoms with van der Waals surface area (Å²) in [6.45, 7) is 4.16. The van der Waals surface area contributed by atoms with Gasteiger partial charge in [0.05, 0.1) is 38.3 Å². The first kappa shape index (κ1) is 32.2. The van der Waals surface area contributed by atoms with E-state index in [2.05, 4.69) is 10.3 Å². The van der Waals surface area contributed by atoms with E-state index in [1.807, 2.05) is 25.1 Å². The topological polar surface area (TPSA) is 144 Å². The lowest BCUT2D eigenvalue weighted by molar-refractivity contribution is -0.143. The third-order valence-corrected chi connectivity index (χ3v) is 5.91. The molecule has 0 radical (unpaired) electrons. The van der Waals surface area contributed by atoms with Gasteiger partial charge in [0.15, 0.2) is 0 Å². The number of nitrogens with zero attached hydrogens (tertiary/aromatic N) is 1. The number of alkyl halides is 3. The summed E-state index contributed by atoms with van der Waals surface area (Å²) in [7, 11) is 3.10. The highest BCUT2D eigenvalue weighted by Gasteiger charge is 2.34. The number of carboxylic acid groups (broad SMARTS) is 2. The van der Waals surface area contributed by atoms with Crippen molar-refractivity contribution in [3.63, 3.8) is 0 Å². The summed E-state index contributed by atoms with van der Waals surface area (Å²) in [5, 5.41) is 19.7. The number of hydrogen-bond donors (Lipinski definition) is 4. The number of aliphatic carboxylic acids is 2. The molecule has 1 heterocycles. The smallest absolute Gasteiger partial charge is 0.433 e. The fourth-order valence-electron chi connectivity index (χ4n) is 4.03. The van der Waals surface area contributed by atoms with Crippen LogP contribution in [-0.2, 0) is 15.8 Å². The van der Waals surface area contributed by atoms with Crippen molar-refractivity contribution in [2.75, 3.05) is 26.1 Å². The van der Waals surface area contributed by atoms with Crippen LogP contribution in [0.1, 0.15) is 43.9 Å². The number of benzene rings is 2. The van der Waals surface area contributed by atoms with Crippen molar-refractivity contribution >= 4 is 28.5 Å². The molecule has 0 bridgehead atoms. The number of carbonyl (C=O) groups is 2. The zero-order chi connectivity index (χ0) is 30.0. The summed E-state index contributed by atoms with van der Waals surface area (Å²) in [5.74, 6) is -0.989. The molecule has 1 aromatic heterocycles. The molecule has 1 atom stereocenters. The van der Waals surface area contributed by atoms with Crippen LogP contribution >= 0.6 is 0 Å². The van der Waals surface area contributed by atoms with E-state index in [1.165, 1.54) is 0 Å². The molecule has 0 aliphatic rings. The highest BCUT2D eigenvalue weighted by atomic mass is 19.4. The molecule has 3 rings (SSSR count). The first-order chi connectivity index (χ1) is 18.8. The summed E-state index contributed by atoms with van der Waals surface area (Å²) in [4.78, 5) is 23.3. The molecule has 0 aliphatic heterocycles. The van der Waals surface area contributed by atoms with E-state index in [0.29, 0.717) is 40.2 Å². The summed E-state index contributed by atoms with van der Waals surface area (Å²) < 4.78 is 51.8. The highest BCUT2D eigenvalue weighted by Crippen LogP contribution is 2.44. The second kappa shape index (κ2) is 14.4. The molecule has 12 heteroatoms. The Kier molecular flexibility index (Phi) is 11.5. The number of methoxy groups -OCH3 is 2. The van der Waals surface area contributed by atoms with Gasteiger partial charge in [-0.25, -0.2) is 4.98 Å². The average molecular weight is 566 g/mol. The second-order valence-electron chi connectivity index (χ2n) is 9.04. The summed E-state index contributed by atoms with van der Waals surface area (Å²) in [6, 6.07) is 10.1. The Labute approximate surface area is 230 Å². The van der Waals surface area contributed by atoms with E-state index < -0.39 is 23.8 Å². The Balaban J connectivity index is 0.000000611. The van der Waals surface area contributed by atoms with Crippen LogP contribution in [0.5, 0.6) is 11.5 Å². The number of aryl methyl sites for hydroxylation is 1. The number of nitrogens with two attached hydrogens (primary N) is 1. The monoisotopic (exact) mass is 565 g/mol. The lowest BCUT2D eigenvalue weighted by Gasteiger charge is -2.22. The third-order valence-electron chi connectivity index (χ3n) is 5.91. The lowest BCUT2D eigenvalue weighted by atomic mass is 9.94. The van der Waals surface area contributed by atoms with Crippen LogP contribution in [0, 0.1) is 6.92 Å². The van der Waals surface area contributed by atoms with E-state index in [9.17, 15) is 22.8 Å². The minimum Gasteiger partial charge on any atom is -0.497 e. The van der Waals surface area contributed by atoms with E-state index in [4.69, 9.17) is 25.4 Å². The van der Waals surface area contributed by atoms with Crippen LogP contribution in [-0.4, -0.2) is 53.9 Å². The third kappa shape index (κ3) is 8.73. The number of anilines is 1. The molecule has 0 saturated heterocycles. The maximum atomic E-state index is 13.6. The fourth-order valence-corrected chi connectivity index (χ4v) is 4.03. The molecule has 0 amide bonds. The molecule has 2 aromatic carbocycles. The first-order valence-electron chi connectivity index (χ1n) is 12.5. The molecule has 0 aliphatic carbocycles. The molecular formula is C28H34F3N3O6. The second-order valence-corrected chi connectivity index (χ2v) is 9.04. The van der Waals surface area contributed by atoms with Crippen molar-refractivity contribution in [3.05, 3.63) is 47.7 Å². The Hall–Kier alpha value is -4.06. The predicted octanol–water partition coefficient (Wildman–Crippen LogP) is 5.72. The van der Waals surface area contributed by atoms with Crippen LogP contribution in [0.4, 0.5) is 18.9 Å². The van der Waals surface area contributed by atoms with E-state index >= 15 is 0 Å². The normalized spacial score (nSPS) is 11.8. The highest BCUT2D eigenvalue weighted by molar-refractivity contribution is 6.06. The zero-order valence-electron chi connectivity index (χ0n) is 22.8. The van der Waals surface area contributed by atoms with Gasteiger partial charge < -0.3 is 30.7 Å². The van der Waals surface area contributed by atoms with Crippen molar-refractivity contribution in [2.24, 2.45) is 5.73 Å². The van der Waals surface area contributed by atoms with E-state index in [1.54, 1.807) is 33.3 Å². The Morgan fingerprint density at radius 1 is 1.07 bits per heavy atom. The largest absolute Gasteiger partial charge is 0.497 e. The minimum atomic E-state index is -4.56. The number of aromatic nitrogens is 1. The van der Waals surface area contributed by atoms with Crippen LogP contribution in [0.3, 0.4) is 0 Å². The van der Waals surface area contributed by atoms with Gasteiger partial charge in [0, 0.05) is 23.1 Å². The maximum Gasteiger partial charge on any atom is 0.433 e. The molecule has 9 nitrogen and oxygen atoms in total. The molecule has 5 N–H and O–H groups in total. The molecule has 218 valence electrons. The van der Waals surface area contributed by atoms with Gasteiger partial charge in [0.1, 0.15) is 17.2 Å². The van der Waals surface area contributed by atoms with E-state index in [0.717, 1.165) is 24.5 Å². The number of rotatable bonds is 11. The summed E-state index contributed by atoms with van der Waals surface area (Å²) in [6.07, 6.45) is -3.58. The number of halogens is 3.